The zero-order valence-electron chi connectivity index (χ0n) is 25.0. The highest BCUT2D eigenvalue weighted by Gasteiger charge is 2.15. The molecular weight excluding hydrogens is 527 g/mol. The Morgan fingerprint density at radius 1 is 1.02 bits per heavy atom. The molecule has 0 aliphatic carbocycles. The summed E-state index contributed by atoms with van der Waals surface area (Å²) in [4.78, 5) is 21.0. The molecule has 0 fully saturated rings. The zero-order chi connectivity index (χ0) is 31.1. The maximum Gasteiger partial charge on any atom is 0.159 e. The van der Waals surface area contributed by atoms with E-state index in [4.69, 9.17) is 4.98 Å². The summed E-state index contributed by atoms with van der Waals surface area (Å²) in [5.74, 6) is 0.301. The van der Waals surface area contributed by atoms with Crippen LogP contribution in [0.4, 0.5) is 4.39 Å². The van der Waals surface area contributed by atoms with Gasteiger partial charge in [0.1, 0.15) is 11.5 Å². The second-order valence-electron chi connectivity index (χ2n) is 8.34. The number of aromatic nitrogens is 7. The van der Waals surface area contributed by atoms with Crippen LogP contribution in [0.5, 0.6) is 0 Å². The van der Waals surface area contributed by atoms with Gasteiger partial charge in [-0.15, -0.1) is 26.3 Å². The molecule has 0 saturated carbocycles. The highest BCUT2D eigenvalue weighted by molar-refractivity contribution is 5.92. The van der Waals surface area contributed by atoms with Crippen LogP contribution in [-0.4, -0.2) is 42.2 Å². The van der Waals surface area contributed by atoms with E-state index in [2.05, 4.69) is 61.8 Å². The minimum Gasteiger partial charge on any atom is -0.335 e. The molecule has 0 saturated heterocycles. The number of halogens is 1. The van der Waals surface area contributed by atoms with Crippen LogP contribution in [-0.2, 0) is 6.54 Å². The summed E-state index contributed by atoms with van der Waals surface area (Å²) in [6.07, 6.45) is 14.4. The van der Waals surface area contributed by atoms with Crippen LogP contribution >= 0.6 is 0 Å². The SMILES string of the molecule is C=C.C=C.CC.C\C=c1/c(-c2nc3c(-c4cc(F)cc(CNC)c4)cncc3[nH]2)n[nH]/c1=C/C=C(\C)c1cnccn1. The predicted octanol–water partition coefficient (Wildman–Crippen LogP) is 5.98. The van der Waals surface area contributed by atoms with Crippen LogP contribution in [0.2, 0.25) is 0 Å². The first-order chi connectivity index (χ1) is 20.6. The Kier molecular flexibility index (Phi) is 13.4. The smallest absolute Gasteiger partial charge is 0.159 e. The normalized spacial score (nSPS) is 11.6. The maximum absolute atomic E-state index is 14.3. The Hall–Kier alpha value is -5.02. The number of allylic oxidation sites excluding steroid dienone is 2. The van der Waals surface area contributed by atoms with Gasteiger partial charge in [0.2, 0.25) is 0 Å². The number of H-pyrrole nitrogens is 2. The maximum atomic E-state index is 14.3. The first-order valence-corrected chi connectivity index (χ1v) is 13.5. The Morgan fingerprint density at radius 3 is 2.45 bits per heavy atom. The lowest BCUT2D eigenvalue weighted by Crippen LogP contribution is -2.23. The summed E-state index contributed by atoms with van der Waals surface area (Å²) in [7, 11) is 1.83. The number of aromatic amines is 2. The third-order valence-corrected chi connectivity index (χ3v) is 5.86. The molecule has 4 aromatic heterocycles. The van der Waals surface area contributed by atoms with Crippen LogP contribution in [0.3, 0.4) is 0 Å². The number of nitrogens with one attached hydrogen (secondary N) is 3. The van der Waals surface area contributed by atoms with Crippen molar-refractivity contribution in [2.75, 3.05) is 7.05 Å². The standard InChI is InChI=1S/C27H25FN8.C2H6.2C2H4/c1-4-20-22(6-5-16(2)23-14-30-7-8-32-23)35-36-26(20)27-33-24-15-31-13-21(25(24)34-27)18-9-17(12-29-3)10-19(28)11-18;3*1-2/h4-11,13-15,29,35H,12H2,1-3H3,(H,33,34);1-2H3;2*1-2H2/b16-5+,20-4-,22-6+;;;. The lowest BCUT2D eigenvalue weighted by atomic mass is 10.0. The summed E-state index contributed by atoms with van der Waals surface area (Å²) in [5, 5.41) is 12.4. The molecule has 0 radical (unpaired) electrons. The number of benzene rings is 1. The topological polar surface area (TPSA) is 108 Å². The molecule has 8 nitrogen and oxygen atoms in total. The van der Waals surface area contributed by atoms with Crippen LogP contribution in [0.15, 0.2) is 81.6 Å². The minimum atomic E-state index is -0.300. The molecule has 0 bridgehead atoms. The van der Waals surface area contributed by atoms with E-state index in [1.165, 1.54) is 12.1 Å². The molecule has 0 amide bonds. The molecule has 1 aromatic carbocycles. The van der Waals surface area contributed by atoms with Crippen LogP contribution in [0, 0.1) is 5.82 Å². The molecule has 4 heterocycles. The largest absolute Gasteiger partial charge is 0.335 e. The van der Waals surface area contributed by atoms with Gasteiger partial charge < -0.3 is 10.3 Å². The lowest BCUT2D eigenvalue weighted by Gasteiger charge is -2.06. The molecule has 9 heteroatoms. The Morgan fingerprint density at radius 2 is 1.79 bits per heavy atom. The number of hydrogen-bond donors (Lipinski definition) is 3. The first-order valence-electron chi connectivity index (χ1n) is 13.5. The summed E-state index contributed by atoms with van der Waals surface area (Å²) in [5.41, 5.74) is 6.24. The fourth-order valence-corrected chi connectivity index (χ4v) is 4.13. The van der Waals surface area contributed by atoms with Gasteiger partial charge in [-0.25, -0.2) is 9.37 Å². The monoisotopic (exact) mass is 566 g/mol. The van der Waals surface area contributed by atoms with E-state index in [0.717, 1.165) is 44.0 Å². The second kappa shape index (κ2) is 16.9. The van der Waals surface area contributed by atoms with Crippen molar-refractivity contribution in [1.29, 1.82) is 0 Å². The fraction of sp³-hybridized carbons (Fsp3) is 0.182. The van der Waals surface area contributed by atoms with Crippen molar-refractivity contribution in [3.8, 4) is 22.6 Å². The highest BCUT2D eigenvalue weighted by atomic mass is 19.1. The van der Waals surface area contributed by atoms with Gasteiger partial charge in [-0.2, -0.15) is 5.10 Å². The van der Waals surface area contributed by atoms with E-state index < -0.39 is 0 Å². The first kappa shape index (κ1) is 33.2. The molecule has 0 atom stereocenters. The Balaban J connectivity index is 0.000000966. The van der Waals surface area contributed by atoms with E-state index >= 15 is 0 Å². The van der Waals surface area contributed by atoms with E-state index in [0.29, 0.717) is 23.6 Å². The van der Waals surface area contributed by atoms with Gasteiger partial charge in [0, 0.05) is 35.9 Å². The van der Waals surface area contributed by atoms with Crippen molar-refractivity contribution in [3.05, 3.63) is 109 Å². The average molecular weight is 567 g/mol. The molecule has 42 heavy (non-hydrogen) atoms. The predicted molar refractivity (Wildman–Crippen MR) is 173 cm³/mol. The van der Waals surface area contributed by atoms with Gasteiger partial charge in [-0.1, -0.05) is 26.0 Å². The molecule has 5 rings (SSSR count). The van der Waals surface area contributed by atoms with Crippen LogP contribution in [0.25, 0.3) is 51.4 Å². The van der Waals surface area contributed by atoms with Gasteiger partial charge in [-0.3, -0.25) is 20.1 Å². The summed E-state index contributed by atoms with van der Waals surface area (Å²) < 4.78 is 14.3. The quantitative estimate of drug-likeness (QED) is 0.218. The molecule has 218 valence electrons. The average Bonchev–Trinajstić information content (AvgIpc) is 3.67. The van der Waals surface area contributed by atoms with Gasteiger partial charge in [0.15, 0.2) is 5.82 Å². The highest BCUT2D eigenvalue weighted by Crippen LogP contribution is 2.29. The molecule has 0 spiro atoms. The van der Waals surface area contributed by atoms with Crippen molar-refractivity contribution in [2.45, 2.75) is 34.2 Å². The van der Waals surface area contributed by atoms with E-state index in [9.17, 15) is 4.39 Å². The molecule has 0 unspecified atom stereocenters. The minimum absolute atomic E-state index is 0.300. The number of hydrogen-bond acceptors (Lipinski definition) is 6. The number of fused-ring (bicyclic) bond motifs is 1. The summed E-state index contributed by atoms with van der Waals surface area (Å²) in [6.45, 7) is 20.5. The molecule has 0 aliphatic rings. The van der Waals surface area contributed by atoms with E-state index in [1.54, 1.807) is 31.0 Å². The van der Waals surface area contributed by atoms with E-state index in [1.807, 2.05) is 59.0 Å². The van der Waals surface area contributed by atoms with Gasteiger partial charge in [0.25, 0.3) is 0 Å². The third kappa shape index (κ3) is 7.80. The van der Waals surface area contributed by atoms with Crippen LogP contribution in [0.1, 0.15) is 39.0 Å². The van der Waals surface area contributed by atoms with Crippen LogP contribution < -0.4 is 15.9 Å². The molecule has 3 N–H and O–H groups in total. The van der Waals surface area contributed by atoms with Crippen molar-refractivity contribution < 1.29 is 4.39 Å². The number of pyridine rings is 1. The van der Waals surface area contributed by atoms with E-state index in [-0.39, 0.29) is 5.82 Å². The van der Waals surface area contributed by atoms with Gasteiger partial charge >= 0.3 is 0 Å². The fourth-order valence-electron chi connectivity index (χ4n) is 4.13. The molecule has 0 aliphatic heterocycles. The second-order valence-corrected chi connectivity index (χ2v) is 8.34. The van der Waals surface area contributed by atoms with Gasteiger partial charge in [-0.05, 0) is 61.9 Å². The van der Waals surface area contributed by atoms with Crippen molar-refractivity contribution in [2.24, 2.45) is 0 Å². The number of nitrogens with zero attached hydrogens (tertiary/aromatic N) is 5. The van der Waals surface area contributed by atoms with Crippen molar-refractivity contribution in [1.82, 2.24) is 40.4 Å². The molecule has 5 aromatic rings. The van der Waals surface area contributed by atoms with Crippen molar-refractivity contribution >= 4 is 28.8 Å². The number of rotatable bonds is 6. The third-order valence-electron chi connectivity index (χ3n) is 5.86. The summed E-state index contributed by atoms with van der Waals surface area (Å²) >= 11 is 0. The molecular formula is C33H39FN8. The summed E-state index contributed by atoms with van der Waals surface area (Å²) in [6, 6.07) is 4.97. The van der Waals surface area contributed by atoms with Gasteiger partial charge in [0.05, 0.1) is 34.5 Å². The number of imidazole rings is 1. The Labute approximate surface area is 246 Å². The zero-order valence-corrected chi connectivity index (χ0v) is 25.0. The lowest BCUT2D eigenvalue weighted by molar-refractivity contribution is 0.624. The van der Waals surface area contributed by atoms with Crippen molar-refractivity contribution in [3.63, 3.8) is 0 Å². The Bertz CT molecular complexity index is 1720.